The summed E-state index contributed by atoms with van der Waals surface area (Å²) >= 11 is 0. The van der Waals surface area contributed by atoms with E-state index in [-0.39, 0.29) is 0 Å². The SMILES string of the molecule is Cc1cc(CNC(N)=O)nc(C)n1. The van der Waals surface area contributed by atoms with Crippen molar-refractivity contribution >= 4 is 6.03 Å². The Kier molecular flexibility index (Phi) is 2.79. The number of aromatic nitrogens is 2. The lowest BCUT2D eigenvalue weighted by molar-refractivity contribution is 0.248. The summed E-state index contributed by atoms with van der Waals surface area (Å²) < 4.78 is 0. The van der Waals surface area contributed by atoms with Crippen molar-refractivity contribution < 1.29 is 4.79 Å². The van der Waals surface area contributed by atoms with Gasteiger partial charge in [0.25, 0.3) is 0 Å². The molecule has 70 valence electrons. The summed E-state index contributed by atoms with van der Waals surface area (Å²) in [5, 5.41) is 2.46. The third-order valence-corrected chi connectivity index (χ3v) is 1.46. The molecule has 0 aliphatic heterocycles. The maximum absolute atomic E-state index is 10.4. The van der Waals surface area contributed by atoms with Crippen molar-refractivity contribution in [3.8, 4) is 0 Å². The Hall–Kier alpha value is -1.65. The number of primary amides is 1. The number of urea groups is 1. The van der Waals surface area contributed by atoms with Crippen LogP contribution in [-0.4, -0.2) is 16.0 Å². The van der Waals surface area contributed by atoms with Gasteiger partial charge in [0, 0.05) is 5.69 Å². The summed E-state index contributed by atoms with van der Waals surface area (Å²) in [5.41, 5.74) is 6.57. The molecule has 2 amide bonds. The van der Waals surface area contributed by atoms with Gasteiger partial charge in [0.15, 0.2) is 0 Å². The highest BCUT2D eigenvalue weighted by Crippen LogP contribution is 1.98. The van der Waals surface area contributed by atoms with E-state index in [9.17, 15) is 4.79 Å². The zero-order chi connectivity index (χ0) is 9.84. The number of aryl methyl sites for hydroxylation is 2. The van der Waals surface area contributed by atoms with Gasteiger partial charge in [-0.05, 0) is 19.9 Å². The topological polar surface area (TPSA) is 80.9 Å². The van der Waals surface area contributed by atoms with Gasteiger partial charge >= 0.3 is 6.03 Å². The normalized spacial score (nSPS) is 9.69. The fraction of sp³-hybridized carbons (Fsp3) is 0.375. The summed E-state index contributed by atoms with van der Waals surface area (Å²) in [6.45, 7) is 4.03. The first-order valence-corrected chi connectivity index (χ1v) is 3.92. The number of amides is 2. The molecule has 1 aromatic rings. The molecule has 3 N–H and O–H groups in total. The Morgan fingerprint density at radius 3 is 2.77 bits per heavy atom. The fourth-order valence-corrected chi connectivity index (χ4v) is 1.06. The fourth-order valence-electron chi connectivity index (χ4n) is 1.06. The third kappa shape index (κ3) is 3.06. The standard InChI is InChI=1S/C8H12N4O/c1-5-3-7(4-10-8(9)13)12-6(2)11-5/h3H,4H2,1-2H3,(H3,9,10,13). The van der Waals surface area contributed by atoms with Crippen LogP contribution >= 0.6 is 0 Å². The Balaban J connectivity index is 2.71. The molecule has 0 aliphatic rings. The van der Waals surface area contributed by atoms with Gasteiger partial charge in [0.1, 0.15) is 5.82 Å². The third-order valence-electron chi connectivity index (χ3n) is 1.46. The van der Waals surface area contributed by atoms with Crippen molar-refractivity contribution in [3.63, 3.8) is 0 Å². The monoisotopic (exact) mass is 180 g/mol. The maximum Gasteiger partial charge on any atom is 0.312 e. The minimum atomic E-state index is -0.547. The molecule has 0 saturated heterocycles. The van der Waals surface area contributed by atoms with Gasteiger partial charge in [-0.25, -0.2) is 14.8 Å². The second-order valence-corrected chi connectivity index (χ2v) is 2.77. The molecule has 0 atom stereocenters. The molecular weight excluding hydrogens is 168 g/mol. The average molecular weight is 180 g/mol. The van der Waals surface area contributed by atoms with Crippen molar-refractivity contribution in [1.29, 1.82) is 0 Å². The first-order valence-electron chi connectivity index (χ1n) is 3.92. The molecular formula is C8H12N4O. The summed E-state index contributed by atoms with van der Waals surface area (Å²) in [5.74, 6) is 0.696. The Labute approximate surface area is 76.4 Å². The van der Waals surface area contributed by atoms with E-state index in [2.05, 4.69) is 15.3 Å². The van der Waals surface area contributed by atoms with E-state index in [1.54, 1.807) is 6.92 Å². The Morgan fingerprint density at radius 2 is 2.23 bits per heavy atom. The predicted molar refractivity (Wildman–Crippen MR) is 47.9 cm³/mol. The highest BCUT2D eigenvalue weighted by Gasteiger charge is 1.99. The number of nitrogens with one attached hydrogen (secondary N) is 1. The van der Waals surface area contributed by atoms with Crippen LogP contribution < -0.4 is 11.1 Å². The molecule has 0 unspecified atom stereocenters. The smallest absolute Gasteiger partial charge is 0.312 e. The van der Waals surface area contributed by atoms with Crippen molar-refractivity contribution in [1.82, 2.24) is 15.3 Å². The number of carbonyl (C=O) groups is 1. The van der Waals surface area contributed by atoms with Crippen molar-refractivity contribution in [2.75, 3.05) is 0 Å². The van der Waals surface area contributed by atoms with Crippen LogP contribution in [0.5, 0.6) is 0 Å². The molecule has 5 heteroatoms. The van der Waals surface area contributed by atoms with Gasteiger partial charge in [-0.2, -0.15) is 0 Å². The van der Waals surface area contributed by atoms with Crippen molar-refractivity contribution in [3.05, 3.63) is 23.3 Å². The van der Waals surface area contributed by atoms with E-state index in [0.29, 0.717) is 12.4 Å². The Morgan fingerprint density at radius 1 is 1.54 bits per heavy atom. The number of nitrogens with zero attached hydrogens (tertiary/aromatic N) is 2. The van der Waals surface area contributed by atoms with E-state index < -0.39 is 6.03 Å². The van der Waals surface area contributed by atoms with E-state index in [0.717, 1.165) is 11.4 Å². The molecule has 0 spiro atoms. The summed E-state index contributed by atoms with van der Waals surface area (Å²) in [6, 6.07) is 1.26. The van der Waals surface area contributed by atoms with Gasteiger partial charge in [-0.1, -0.05) is 0 Å². The van der Waals surface area contributed by atoms with Crippen LogP contribution in [0.25, 0.3) is 0 Å². The van der Waals surface area contributed by atoms with Crippen LogP contribution in [0.1, 0.15) is 17.2 Å². The lowest BCUT2D eigenvalue weighted by atomic mass is 10.3. The van der Waals surface area contributed by atoms with Crippen LogP contribution in [0.4, 0.5) is 4.79 Å². The van der Waals surface area contributed by atoms with Crippen LogP contribution in [0.3, 0.4) is 0 Å². The first kappa shape index (κ1) is 9.44. The summed E-state index contributed by atoms with van der Waals surface area (Å²) in [4.78, 5) is 18.6. The average Bonchev–Trinajstić information content (AvgIpc) is 1.99. The second kappa shape index (κ2) is 3.84. The van der Waals surface area contributed by atoms with Crippen LogP contribution in [-0.2, 0) is 6.54 Å². The van der Waals surface area contributed by atoms with E-state index in [4.69, 9.17) is 5.73 Å². The number of hydrogen-bond donors (Lipinski definition) is 2. The highest BCUT2D eigenvalue weighted by atomic mass is 16.2. The molecule has 0 radical (unpaired) electrons. The van der Waals surface area contributed by atoms with Crippen LogP contribution in [0, 0.1) is 13.8 Å². The second-order valence-electron chi connectivity index (χ2n) is 2.77. The first-order chi connectivity index (χ1) is 6.08. The minimum Gasteiger partial charge on any atom is -0.352 e. The molecule has 13 heavy (non-hydrogen) atoms. The van der Waals surface area contributed by atoms with E-state index >= 15 is 0 Å². The number of carbonyl (C=O) groups excluding carboxylic acids is 1. The van der Waals surface area contributed by atoms with Crippen LogP contribution in [0.15, 0.2) is 6.07 Å². The Bertz CT molecular complexity index is 304. The molecule has 1 aromatic heterocycles. The molecule has 0 fully saturated rings. The van der Waals surface area contributed by atoms with E-state index in [1.165, 1.54) is 0 Å². The molecule has 0 saturated carbocycles. The molecule has 5 nitrogen and oxygen atoms in total. The van der Waals surface area contributed by atoms with Gasteiger partial charge in [-0.3, -0.25) is 0 Å². The van der Waals surface area contributed by atoms with Gasteiger partial charge in [0.05, 0.1) is 12.2 Å². The lowest BCUT2D eigenvalue weighted by Gasteiger charge is -2.03. The van der Waals surface area contributed by atoms with Gasteiger partial charge in [-0.15, -0.1) is 0 Å². The zero-order valence-electron chi connectivity index (χ0n) is 7.66. The highest BCUT2D eigenvalue weighted by molar-refractivity contribution is 5.71. The predicted octanol–water partition coefficient (Wildman–Crippen LogP) is 0.262. The largest absolute Gasteiger partial charge is 0.352 e. The quantitative estimate of drug-likeness (QED) is 0.685. The molecule has 0 bridgehead atoms. The maximum atomic E-state index is 10.4. The van der Waals surface area contributed by atoms with Gasteiger partial charge < -0.3 is 11.1 Å². The summed E-state index contributed by atoms with van der Waals surface area (Å²) in [6.07, 6.45) is 0. The molecule has 1 heterocycles. The molecule has 0 aromatic carbocycles. The van der Waals surface area contributed by atoms with Crippen molar-refractivity contribution in [2.45, 2.75) is 20.4 Å². The van der Waals surface area contributed by atoms with Gasteiger partial charge in [0.2, 0.25) is 0 Å². The number of hydrogen-bond acceptors (Lipinski definition) is 3. The molecule has 0 aliphatic carbocycles. The molecule has 1 rings (SSSR count). The van der Waals surface area contributed by atoms with E-state index in [1.807, 2.05) is 13.0 Å². The van der Waals surface area contributed by atoms with Crippen LogP contribution in [0.2, 0.25) is 0 Å². The zero-order valence-corrected chi connectivity index (χ0v) is 7.66. The number of rotatable bonds is 2. The lowest BCUT2D eigenvalue weighted by Crippen LogP contribution is -2.29. The summed E-state index contributed by atoms with van der Waals surface area (Å²) in [7, 11) is 0. The minimum absolute atomic E-state index is 0.347. The van der Waals surface area contributed by atoms with Crippen molar-refractivity contribution in [2.24, 2.45) is 5.73 Å². The number of nitrogens with two attached hydrogens (primary N) is 1.